The molecule has 1 heterocycles. The van der Waals surface area contributed by atoms with Gasteiger partial charge < -0.3 is 0 Å². The van der Waals surface area contributed by atoms with Crippen LogP contribution in [0.15, 0.2) is 36.5 Å². The Hall–Kier alpha value is -1.63. The van der Waals surface area contributed by atoms with Crippen LogP contribution in [0.2, 0.25) is 0 Å². The van der Waals surface area contributed by atoms with Crippen molar-refractivity contribution >= 4 is 0 Å². The van der Waals surface area contributed by atoms with Crippen molar-refractivity contribution in [1.29, 1.82) is 0 Å². The monoisotopic (exact) mass is 267 g/mol. The molecule has 20 heavy (non-hydrogen) atoms. The van der Waals surface area contributed by atoms with Gasteiger partial charge in [-0.05, 0) is 60.4 Å². The van der Waals surface area contributed by atoms with Gasteiger partial charge in [0.2, 0.25) is 0 Å². The summed E-state index contributed by atoms with van der Waals surface area (Å²) in [6.45, 7) is 6.63. The van der Waals surface area contributed by atoms with E-state index in [1.807, 2.05) is 6.20 Å². The van der Waals surface area contributed by atoms with Crippen LogP contribution in [0.5, 0.6) is 0 Å². The van der Waals surface area contributed by atoms with E-state index in [2.05, 4.69) is 56.1 Å². The topological polar surface area (TPSA) is 12.9 Å². The quantitative estimate of drug-likeness (QED) is 0.748. The molecule has 1 aromatic heterocycles. The Kier molecular flexibility index (Phi) is 5.34. The minimum absolute atomic E-state index is 1.03. The second kappa shape index (κ2) is 7.23. The van der Waals surface area contributed by atoms with E-state index in [4.69, 9.17) is 0 Å². The van der Waals surface area contributed by atoms with Gasteiger partial charge in [0.1, 0.15) is 0 Å². The molecule has 0 saturated carbocycles. The predicted octanol–water partition coefficient (Wildman–Crippen LogP) is 4.55. The molecule has 2 rings (SSSR count). The highest BCUT2D eigenvalue weighted by molar-refractivity contribution is 5.32. The first-order chi connectivity index (χ1) is 9.76. The van der Waals surface area contributed by atoms with Gasteiger partial charge in [0, 0.05) is 11.9 Å². The lowest BCUT2D eigenvalue weighted by Gasteiger charge is -2.09. The highest BCUT2D eigenvalue weighted by atomic mass is 14.7. The van der Waals surface area contributed by atoms with Crippen LogP contribution < -0.4 is 0 Å². The summed E-state index contributed by atoms with van der Waals surface area (Å²) in [6, 6.07) is 11.3. The Morgan fingerprint density at radius 3 is 2.10 bits per heavy atom. The zero-order valence-electron chi connectivity index (χ0n) is 12.9. The van der Waals surface area contributed by atoms with Crippen molar-refractivity contribution in [3.8, 4) is 0 Å². The second-order valence-electron chi connectivity index (χ2n) is 5.32. The Morgan fingerprint density at radius 1 is 0.750 bits per heavy atom. The summed E-state index contributed by atoms with van der Waals surface area (Å²) in [5, 5.41) is 0. The standard InChI is InChI=1S/C19H25N/c1-4-15-8-11-19(20-14-15)12-9-16-7-10-17(5-2)18(6-3)13-16/h7-8,10-11,13-14H,4-6,9,12H2,1-3H3. The number of pyridine rings is 1. The van der Waals surface area contributed by atoms with Gasteiger partial charge in [-0.2, -0.15) is 0 Å². The number of hydrogen-bond donors (Lipinski definition) is 0. The maximum atomic E-state index is 4.54. The maximum Gasteiger partial charge on any atom is 0.0407 e. The third-order valence-electron chi connectivity index (χ3n) is 4.00. The molecule has 0 unspecified atom stereocenters. The van der Waals surface area contributed by atoms with Gasteiger partial charge in [0.15, 0.2) is 0 Å². The molecule has 0 aliphatic carbocycles. The van der Waals surface area contributed by atoms with E-state index < -0.39 is 0 Å². The van der Waals surface area contributed by atoms with E-state index in [-0.39, 0.29) is 0 Å². The van der Waals surface area contributed by atoms with Crippen LogP contribution in [0.1, 0.15) is 48.7 Å². The van der Waals surface area contributed by atoms with Crippen LogP contribution in [0.25, 0.3) is 0 Å². The van der Waals surface area contributed by atoms with E-state index in [1.165, 1.54) is 27.9 Å². The molecule has 0 saturated heterocycles. The summed E-state index contributed by atoms with van der Waals surface area (Å²) in [5.74, 6) is 0. The fourth-order valence-electron chi connectivity index (χ4n) is 2.59. The van der Waals surface area contributed by atoms with Crippen LogP contribution in [0, 0.1) is 0 Å². The molecule has 1 heteroatoms. The van der Waals surface area contributed by atoms with Gasteiger partial charge in [0.05, 0.1) is 0 Å². The largest absolute Gasteiger partial charge is 0.261 e. The van der Waals surface area contributed by atoms with E-state index in [0.29, 0.717) is 0 Å². The molecule has 1 aromatic carbocycles. The number of aromatic nitrogens is 1. The molecule has 0 aliphatic rings. The minimum Gasteiger partial charge on any atom is -0.261 e. The molecule has 1 nitrogen and oxygen atoms in total. The first-order valence-corrected chi connectivity index (χ1v) is 7.81. The normalized spacial score (nSPS) is 10.8. The SMILES string of the molecule is CCc1ccc(CCc2ccc(CC)c(CC)c2)nc1. The summed E-state index contributed by atoms with van der Waals surface area (Å²) in [4.78, 5) is 4.54. The number of rotatable bonds is 6. The van der Waals surface area contributed by atoms with Gasteiger partial charge in [0.25, 0.3) is 0 Å². The fourth-order valence-corrected chi connectivity index (χ4v) is 2.59. The predicted molar refractivity (Wildman–Crippen MR) is 86.2 cm³/mol. The zero-order chi connectivity index (χ0) is 14.4. The van der Waals surface area contributed by atoms with E-state index >= 15 is 0 Å². The molecule has 0 amide bonds. The van der Waals surface area contributed by atoms with Crippen molar-refractivity contribution in [3.63, 3.8) is 0 Å². The molecule has 0 N–H and O–H groups in total. The lowest BCUT2D eigenvalue weighted by molar-refractivity contribution is 0.899. The van der Waals surface area contributed by atoms with Crippen molar-refractivity contribution in [2.45, 2.75) is 52.9 Å². The Morgan fingerprint density at radius 2 is 1.50 bits per heavy atom. The summed E-state index contributed by atoms with van der Waals surface area (Å²) in [7, 11) is 0. The zero-order valence-corrected chi connectivity index (χ0v) is 12.9. The Balaban J connectivity index is 2.02. The molecule has 0 radical (unpaired) electrons. The van der Waals surface area contributed by atoms with Crippen molar-refractivity contribution in [3.05, 3.63) is 64.5 Å². The van der Waals surface area contributed by atoms with Gasteiger partial charge in [-0.25, -0.2) is 0 Å². The summed E-state index contributed by atoms with van der Waals surface area (Å²) in [6.07, 6.45) is 7.43. The molecule has 2 aromatic rings. The van der Waals surface area contributed by atoms with Gasteiger partial charge in [-0.15, -0.1) is 0 Å². The number of aryl methyl sites for hydroxylation is 5. The van der Waals surface area contributed by atoms with Crippen LogP contribution in [0.3, 0.4) is 0 Å². The van der Waals surface area contributed by atoms with Crippen LogP contribution >= 0.6 is 0 Å². The Bertz CT molecular complexity index is 540. The van der Waals surface area contributed by atoms with Gasteiger partial charge in [-0.1, -0.05) is 45.0 Å². The molecule has 0 atom stereocenters. The van der Waals surface area contributed by atoms with Crippen molar-refractivity contribution in [1.82, 2.24) is 4.98 Å². The Labute approximate surface area is 123 Å². The van der Waals surface area contributed by atoms with Crippen LogP contribution in [-0.2, 0) is 32.1 Å². The van der Waals surface area contributed by atoms with E-state index in [0.717, 1.165) is 32.1 Å². The third kappa shape index (κ3) is 3.69. The molecule has 0 spiro atoms. The smallest absolute Gasteiger partial charge is 0.0407 e. The second-order valence-corrected chi connectivity index (χ2v) is 5.32. The van der Waals surface area contributed by atoms with Crippen LogP contribution in [0.4, 0.5) is 0 Å². The number of benzene rings is 1. The highest BCUT2D eigenvalue weighted by Crippen LogP contribution is 2.15. The average Bonchev–Trinajstić information content (AvgIpc) is 2.53. The van der Waals surface area contributed by atoms with Gasteiger partial charge in [-0.3, -0.25) is 4.98 Å². The van der Waals surface area contributed by atoms with Gasteiger partial charge >= 0.3 is 0 Å². The first kappa shape index (κ1) is 14.8. The highest BCUT2D eigenvalue weighted by Gasteiger charge is 2.02. The molecule has 0 aliphatic heterocycles. The molecular weight excluding hydrogens is 242 g/mol. The van der Waals surface area contributed by atoms with Crippen LogP contribution in [-0.4, -0.2) is 4.98 Å². The summed E-state index contributed by atoms with van der Waals surface area (Å²) in [5.41, 5.74) is 6.93. The van der Waals surface area contributed by atoms with Crippen molar-refractivity contribution in [2.24, 2.45) is 0 Å². The fraction of sp³-hybridized carbons (Fsp3) is 0.421. The molecule has 0 fully saturated rings. The molecule has 106 valence electrons. The first-order valence-electron chi connectivity index (χ1n) is 7.81. The summed E-state index contributed by atoms with van der Waals surface area (Å²) < 4.78 is 0. The lowest BCUT2D eigenvalue weighted by atomic mass is 9.97. The number of nitrogens with zero attached hydrogens (tertiary/aromatic N) is 1. The lowest BCUT2D eigenvalue weighted by Crippen LogP contribution is -1.98. The van der Waals surface area contributed by atoms with E-state index in [9.17, 15) is 0 Å². The van der Waals surface area contributed by atoms with Crippen molar-refractivity contribution in [2.75, 3.05) is 0 Å². The molecule has 0 bridgehead atoms. The van der Waals surface area contributed by atoms with E-state index in [1.54, 1.807) is 0 Å². The maximum absolute atomic E-state index is 4.54. The third-order valence-corrected chi connectivity index (χ3v) is 4.00. The summed E-state index contributed by atoms with van der Waals surface area (Å²) >= 11 is 0. The van der Waals surface area contributed by atoms with Crippen molar-refractivity contribution < 1.29 is 0 Å². The average molecular weight is 267 g/mol. The number of hydrogen-bond acceptors (Lipinski definition) is 1. The molecular formula is C19H25N. The minimum atomic E-state index is 1.03.